The average Bonchev–Trinajstić information content (AvgIpc) is 1.77. The van der Waals surface area contributed by atoms with Crippen molar-refractivity contribution >= 4 is 15.9 Å². The fourth-order valence-electron chi connectivity index (χ4n) is 0.488. The SMILES string of the molecule is Cc1cc[c]cc1Br. The zero-order valence-corrected chi connectivity index (χ0v) is 6.20. The number of hydrogen-bond donors (Lipinski definition) is 0. The van der Waals surface area contributed by atoms with Crippen LogP contribution in [0.5, 0.6) is 0 Å². The van der Waals surface area contributed by atoms with Gasteiger partial charge in [-0.25, -0.2) is 0 Å². The molecule has 0 nitrogen and oxygen atoms in total. The van der Waals surface area contributed by atoms with Crippen LogP contribution in [-0.4, -0.2) is 0 Å². The van der Waals surface area contributed by atoms with Gasteiger partial charge in [0.25, 0.3) is 0 Å². The van der Waals surface area contributed by atoms with Crippen LogP contribution in [0.1, 0.15) is 5.56 Å². The third-order valence-corrected chi connectivity index (χ3v) is 1.87. The van der Waals surface area contributed by atoms with Crippen LogP contribution < -0.4 is 0 Å². The first-order valence-corrected chi connectivity index (χ1v) is 3.22. The summed E-state index contributed by atoms with van der Waals surface area (Å²) in [5, 5.41) is 0. The van der Waals surface area contributed by atoms with Crippen LogP contribution in [0.3, 0.4) is 0 Å². The standard InChI is InChI=1S/C7H6Br/c1-6-4-2-3-5-7(6)8/h2,4-5H,1H3. The predicted molar refractivity (Wildman–Crippen MR) is 37.7 cm³/mol. The van der Waals surface area contributed by atoms with Crippen molar-refractivity contribution in [2.45, 2.75) is 6.92 Å². The van der Waals surface area contributed by atoms with Crippen LogP contribution in [0.15, 0.2) is 22.7 Å². The first kappa shape index (κ1) is 5.83. The van der Waals surface area contributed by atoms with Gasteiger partial charge in [-0.1, -0.05) is 28.1 Å². The molecule has 0 aliphatic heterocycles. The second kappa shape index (κ2) is 2.31. The lowest BCUT2D eigenvalue weighted by molar-refractivity contribution is 1.43. The molecule has 0 saturated carbocycles. The summed E-state index contributed by atoms with van der Waals surface area (Å²) < 4.78 is 1.13. The van der Waals surface area contributed by atoms with E-state index in [-0.39, 0.29) is 0 Å². The van der Waals surface area contributed by atoms with E-state index in [0.29, 0.717) is 0 Å². The number of rotatable bonds is 0. The van der Waals surface area contributed by atoms with Gasteiger partial charge >= 0.3 is 0 Å². The van der Waals surface area contributed by atoms with Gasteiger partial charge < -0.3 is 0 Å². The van der Waals surface area contributed by atoms with Crippen molar-refractivity contribution in [3.63, 3.8) is 0 Å². The minimum absolute atomic E-state index is 1.13. The maximum Gasteiger partial charge on any atom is 0.0210 e. The molecule has 0 N–H and O–H groups in total. The Morgan fingerprint density at radius 3 is 2.75 bits per heavy atom. The van der Waals surface area contributed by atoms with Gasteiger partial charge in [0.15, 0.2) is 0 Å². The van der Waals surface area contributed by atoms with Gasteiger partial charge in [-0.15, -0.1) is 0 Å². The Labute approximate surface area is 57.7 Å². The van der Waals surface area contributed by atoms with Crippen LogP contribution in [0.2, 0.25) is 0 Å². The first-order chi connectivity index (χ1) is 3.80. The van der Waals surface area contributed by atoms with E-state index in [9.17, 15) is 0 Å². The molecular formula is C7H6Br. The van der Waals surface area contributed by atoms with Crippen LogP contribution in [0.4, 0.5) is 0 Å². The highest BCUT2D eigenvalue weighted by molar-refractivity contribution is 9.10. The van der Waals surface area contributed by atoms with E-state index >= 15 is 0 Å². The van der Waals surface area contributed by atoms with E-state index in [4.69, 9.17) is 0 Å². The molecule has 1 heteroatoms. The minimum atomic E-state index is 1.13. The maximum absolute atomic E-state index is 3.36. The van der Waals surface area contributed by atoms with E-state index in [0.717, 1.165) is 4.47 Å². The van der Waals surface area contributed by atoms with E-state index in [1.807, 2.05) is 18.2 Å². The van der Waals surface area contributed by atoms with Crippen molar-refractivity contribution in [3.05, 3.63) is 34.3 Å². The summed E-state index contributed by atoms with van der Waals surface area (Å²) in [6.07, 6.45) is 0. The second-order valence-electron chi connectivity index (χ2n) is 1.68. The first-order valence-electron chi connectivity index (χ1n) is 2.43. The topological polar surface area (TPSA) is 0 Å². The Morgan fingerprint density at radius 1 is 1.62 bits per heavy atom. The summed E-state index contributed by atoms with van der Waals surface area (Å²) in [6.45, 7) is 2.05. The zero-order chi connectivity index (χ0) is 5.98. The number of aryl methyl sites for hydroxylation is 1. The van der Waals surface area contributed by atoms with Crippen molar-refractivity contribution in [2.75, 3.05) is 0 Å². The third kappa shape index (κ3) is 1.10. The van der Waals surface area contributed by atoms with Crippen LogP contribution >= 0.6 is 15.9 Å². The summed E-state index contributed by atoms with van der Waals surface area (Å²) in [5.74, 6) is 0. The van der Waals surface area contributed by atoms with Crippen LogP contribution in [0.25, 0.3) is 0 Å². The molecule has 0 aliphatic carbocycles. The molecule has 0 unspecified atom stereocenters. The van der Waals surface area contributed by atoms with E-state index < -0.39 is 0 Å². The molecular weight excluding hydrogens is 164 g/mol. The van der Waals surface area contributed by atoms with Gasteiger partial charge in [-0.2, -0.15) is 0 Å². The molecule has 0 bridgehead atoms. The van der Waals surface area contributed by atoms with Gasteiger partial charge in [0.1, 0.15) is 0 Å². The van der Waals surface area contributed by atoms with Gasteiger partial charge in [-0.05, 0) is 24.6 Å². The van der Waals surface area contributed by atoms with Gasteiger partial charge in [0, 0.05) is 4.47 Å². The van der Waals surface area contributed by atoms with E-state index in [1.165, 1.54) is 5.56 Å². The Kier molecular flexibility index (Phi) is 1.69. The van der Waals surface area contributed by atoms with Gasteiger partial charge in [0.05, 0.1) is 0 Å². The van der Waals surface area contributed by atoms with Crippen molar-refractivity contribution in [1.29, 1.82) is 0 Å². The fourth-order valence-corrected chi connectivity index (χ4v) is 0.752. The number of halogens is 1. The minimum Gasteiger partial charge on any atom is -0.0576 e. The molecule has 41 valence electrons. The highest BCUT2D eigenvalue weighted by Crippen LogP contribution is 2.12. The molecule has 0 spiro atoms. The summed E-state index contributed by atoms with van der Waals surface area (Å²) in [5.41, 5.74) is 1.25. The Hall–Kier alpha value is -0.300. The molecule has 1 rings (SSSR count). The van der Waals surface area contributed by atoms with Crippen molar-refractivity contribution in [1.82, 2.24) is 0 Å². The fraction of sp³-hybridized carbons (Fsp3) is 0.143. The molecule has 1 aromatic carbocycles. The molecule has 0 aliphatic rings. The molecule has 0 aromatic heterocycles. The molecule has 8 heavy (non-hydrogen) atoms. The molecule has 0 atom stereocenters. The number of hydrogen-bond acceptors (Lipinski definition) is 0. The Morgan fingerprint density at radius 2 is 2.38 bits per heavy atom. The van der Waals surface area contributed by atoms with Gasteiger partial charge in [-0.3, -0.25) is 0 Å². The highest BCUT2D eigenvalue weighted by Gasteiger charge is 1.86. The molecule has 0 amide bonds. The smallest absolute Gasteiger partial charge is 0.0210 e. The Bertz CT molecular complexity index is 160. The van der Waals surface area contributed by atoms with E-state index in [2.05, 4.69) is 28.9 Å². The molecule has 0 saturated heterocycles. The van der Waals surface area contributed by atoms with Crippen molar-refractivity contribution in [2.24, 2.45) is 0 Å². The van der Waals surface area contributed by atoms with Crippen molar-refractivity contribution < 1.29 is 0 Å². The lowest BCUT2D eigenvalue weighted by Crippen LogP contribution is -1.69. The zero-order valence-electron chi connectivity index (χ0n) is 4.61. The normalized spacial score (nSPS) is 9.25. The summed E-state index contributed by atoms with van der Waals surface area (Å²) in [7, 11) is 0. The Balaban J connectivity index is 3.13. The van der Waals surface area contributed by atoms with Crippen LogP contribution in [-0.2, 0) is 0 Å². The highest BCUT2D eigenvalue weighted by atomic mass is 79.9. The molecule has 1 radical (unpaired) electrons. The quantitative estimate of drug-likeness (QED) is 0.561. The predicted octanol–water partition coefficient (Wildman–Crippen LogP) is 2.56. The largest absolute Gasteiger partial charge is 0.0576 e. The molecule has 1 aromatic rings. The summed E-state index contributed by atoms with van der Waals surface area (Å²) in [4.78, 5) is 0. The summed E-state index contributed by atoms with van der Waals surface area (Å²) in [6, 6.07) is 8.79. The molecule has 0 heterocycles. The summed E-state index contributed by atoms with van der Waals surface area (Å²) >= 11 is 3.36. The monoisotopic (exact) mass is 169 g/mol. The van der Waals surface area contributed by atoms with Gasteiger partial charge in [0.2, 0.25) is 0 Å². The second-order valence-corrected chi connectivity index (χ2v) is 2.53. The number of benzene rings is 1. The van der Waals surface area contributed by atoms with Crippen molar-refractivity contribution in [3.8, 4) is 0 Å². The molecule has 0 fully saturated rings. The average molecular weight is 170 g/mol. The lowest BCUT2D eigenvalue weighted by atomic mass is 10.2. The van der Waals surface area contributed by atoms with Crippen LogP contribution in [0, 0.1) is 13.0 Å². The maximum atomic E-state index is 3.36. The lowest BCUT2D eigenvalue weighted by Gasteiger charge is -1.91. The third-order valence-electron chi connectivity index (χ3n) is 1.02. The van der Waals surface area contributed by atoms with E-state index in [1.54, 1.807) is 0 Å².